The van der Waals surface area contributed by atoms with Crippen molar-refractivity contribution in [2.24, 2.45) is 11.8 Å². The molecule has 2 rings (SSSR count). The molecule has 0 radical (unpaired) electrons. The van der Waals surface area contributed by atoms with Crippen molar-refractivity contribution in [2.45, 2.75) is 33.6 Å². The summed E-state index contributed by atoms with van der Waals surface area (Å²) in [7, 11) is 0. The van der Waals surface area contributed by atoms with E-state index in [4.69, 9.17) is 5.73 Å². The highest BCUT2D eigenvalue weighted by atomic mass is 16.1. The monoisotopic (exact) mass is 274 g/mol. The summed E-state index contributed by atoms with van der Waals surface area (Å²) >= 11 is 0. The van der Waals surface area contributed by atoms with Gasteiger partial charge in [0, 0.05) is 37.3 Å². The van der Waals surface area contributed by atoms with E-state index in [0.29, 0.717) is 12.1 Å². The fourth-order valence-electron chi connectivity index (χ4n) is 3.19. The van der Waals surface area contributed by atoms with Gasteiger partial charge in [-0.1, -0.05) is 26.0 Å². The second kappa shape index (κ2) is 6.40. The molecule has 2 atom stereocenters. The van der Waals surface area contributed by atoms with Crippen molar-refractivity contribution < 1.29 is 4.79 Å². The van der Waals surface area contributed by atoms with Crippen LogP contribution in [0.5, 0.6) is 0 Å². The average Bonchev–Trinajstić information content (AvgIpc) is 2.38. The minimum atomic E-state index is 0.197. The molecule has 1 aromatic carbocycles. The summed E-state index contributed by atoms with van der Waals surface area (Å²) in [6.45, 7) is 9.65. The summed E-state index contributed by atoms with van der Waals surface area (Å²) in [5.74, 6) is 1.68. The van der Waals surface area contributed by atoms with Gasteiger partial charge in [0.25, 0.3) is 0 Å². The highest BCUT2D eigenvalue weighted by Crippen LogP contribution is 2.21. The van der Waals surface area contributed by atoms with E-state index in [1.807, 2.05) is 19.1 Å². The fraction of sp³-hybridized carbons (Fsp3) is 0.588. The lowest BCUT2D eigenvalue weighted by atomic mass is 9.91. The molecule has 1 heterocycles. The van der Waals surface area contributed by atoms with Crippen molar-refractivity contribution in [3.8, 4) is 0 Å². The molecule has 1 fully saturated rings. The number of rotatable bonds is 4. The number of nitrogen functional groups attached to an aromatic ring is 1. The van der Waals surface area contributed by atoms with E-state index in [9.17, 15) is 4.79 Å². The van der Waals surface area contributed by atoms with E-state index < -0.39 is 0 Å². The molecule has 2 unspecified atom stereocenters. The summed E-state index contributed by atoms with van der Waals surface area (Å²) in [5.41, 5.74) is 8.35. The maximum absolute atomic E-state index is 12.2. The predicted molar refractivity (Wildman–Crippen MR) is 83.9 cm³/mol. The van der Waals surface area contributed by atoms with E-state index in [0.717, 1.165) is 42.6 Å². The third kappa shape index (κ3) is 3.83. The highest BCUT2D eigenvalue weighted by Gasteiger charge is 2.22. The molecule has 1 saturated heterocycles. The van der Waals surface area contributed by atoms with E-state index >= 15 is 0 Å². The molecule has 110 valence electrons. The van der Waals surface area contributed by atoms with Gasteiger partial charge < -0.3 is 10.6 Å². The van der Waals surface area contributed by atoms with Gasteiger partial charge in [0.2, 0.25) is 0 Å². The number of carbonyl (C=O) groups excluding carboxylic acids is 1. The van der Waals surface area contributed by atoms with Crippen molar-refractivity contribution in [1.82, 2.24) is 4.90 Å². The van der Waals surface area contributed by atoms with Gasteiger partial charge in [0.1, 0.15) is 0 Å². The van der Waals surface area contributed by atoms with Crippen LogP contribution in [0.3, 0.4) is 0 Å². The van der Waals surface area contributed by atoms with Gasteiger partial charge in [-0.2, -0.15) is 0 Å². The summed E-state index contributed by atoms with van der Waals surface area (Å²) in [4.78, 5) is 14.7. The number of nitrogens with zero attached hydrogens (tertiary/aromatic N) is 1. The zero-order valence-corrected chi connectivity index (χ0v) is 12.9. The Hall–Kier alpha value is -1.35. The molecule has 1 aliphatic heterocycles. The number of piperidine rings is 1. The van der Waals surface area contributed by atoms with Gasteiger partial charge in [-0.3, -0.25) is 4.79 Å². The average molecular weight is 274 g/mol. The number of hydrogen-bond donors (Lipinski definition) is 1. The first-order valence-electron chi connectivity index (χ1n) is 7.57. The van der Waals surface area contributed by atoms with E-state index in [2.05, 4.69) is 18.7 Å². The largest absolute Gasteiger partial charge is 0.398 e. The maximum atomic E-state index is 12.2. The minimum Gasteiger partial charge on any atom is -0.398 e. The Morgan fingerprint density at radius 3 is 2.55 bits per heavy atom. The van der Waals surface area contributed by atoms with E-state index in [1.54, 1.807) is 6.07 Å². The number of benzene rings is 1. The van der Waals surface area contributed by atoms with Crippen LogP contribution < -0.4 is 5.73 Å². The van der Waals surface area contributed by atoms with E-state index in [1.165, 1.54) is 6.42 Å². The quantitative estimate of drug-likeness (QED) is 0.678. The summed E-state index contributed by atoms with van der Waals surface area (Å²) < 4.78 is 0. The first kappa shape index (κ1) is 15.0. The molecule has 1 aromatic rings. The van der Waals surface area contributed by atoms with Crippen LogP contribution in [0.1, 0.15) is 42.6 Å². The molecule has 3 nitrogen and oxygen atoms in total. The zero-order chi connectivity index (χ0) is 14.7. The smallest absolute Gasteiger partial charge is 0.164 e. The summed E-state index contributed by atoms with van der Waals surface area (Å²) in [6, 6.07) is 5.61. The first-order valence-corrected chi connectivity index (χ1v) is 7.57. The molecule has 3 heteroatoms. The van der Waals surface area contributed by atoms with E-state index in [-0.39, 0.29) is 5.78 Å². The predicted octanol–water partition coefficient (Wildman–Crippen LogP) is 3.13. The minimum absolute atomic E-state index is 0.197. The molecule has 0 aliphatic carbocycles. The van der Waals surface area contributed by atoms with Crippen LogP contribution in [-0.2, 0) is 0 Å². The fourth-order valence-corrected chi connectivity index (χ4v) is 3.19. The van der Waals surface area contributed by atoms with Gasteiger partial charge in [0.05, 0.1) is 0 Å². The van der Waals surface area contributed by atoms with Crippen molar-refractivity contribution in [3.05, 3.63) is 29.3 Å². The normalized spacial score (nSPS) is 23.8. The molecule has 0 amide bonds. The van der Waals surface area contributed by atoms with Crippen LogP contribution in [0.15, 0.2) is 18.2 Å². The van der Waals surface area contributed by atoms with Crippen LogP contribution in [0.25, 0.3) is 0 Å². The molecule has 0 bridgehead atoms. The number of anilines is 1. The Labute approximate surface area is 122 Å². The molecule has 20 heavy (non-hydrogen) atoms. The van der Waals surface area contributed by atoms with Crippen molar-refractivity contribution in [1.29, 1.82) is 0 Å². The van der Waals surface area contributed by atoms with Crippen LogP contribution in [0.4, 0.5) is 5.69 Å². The maximum Gasteiger partial charge on any atom is 0.164 e. The van der Waals surface area contributed by atoms with Crippen molar-refractivity contribution in [2.75, 3.05) is 25.4 Å². The number of aryl methyl sites for hydroxylation is 1. The molecule has 0 spiro atoms. The Morgan fingerprint density at radius 2 is 1.95 bits per heavy atom. The molecule has 0 saturated carbocycles. The Balaban J connectivity index is 1.90. The standard InChI is InChI=1S/C17H26N2O/c1-12-8-13(2)11-19(10-12)7-6-17(20)15-5-4-14(3)16(18)9-15/h4-5,9,12-13H,6-8,10-11,18H2,1-3H3. The summed E-state index contributed by atoms with van der Waals surface area (Å²) in [5, 5.41) is 0. The molecule has 1 aliphatic rings. The first-order chi connectivity index (χ1) is 9.45. The van der Waals surface area contributed by atoms with Gasteiger partial charge in [-0.15, -0.1) is 0 Å². The topological polar surface area (TPSA) is 46.3 Å². The number of hydrogen-bond acceptors (Lipinski definition) is 3. The lowest BCUT2D eigenvalue weighted by Gasteiger charge is -2.34. The van der Waals surface area contributed by atoms with Crippen LogP contribution in [-0.4, -0.2) is 30.3 Å². The molecular formula is C17H26N2O. The zero-order valence-electron chi connectivity index (χ0n) is 12.9. The third-order valence-electron chi connectivity index (χ3n) is 4.20. The molecular weight excluding hydrogens is 248 g/mol. The summed E-state index contributed by atoms with van der Waals surface area (Å²) in [6.07, 6.45) is 1.89. The van der Waals surface area contributed by atoms with Crippen LogP contribution >= 0.6 is 0 Å². The SMILES string of the molecule is Cc1ccc(C(=O)CCN2CC(C)CC(C)C2)cc1N. The van der Waals surface area contributed by atoms with Gasteiger partial charge in [0.15, 0.2) is 5.78 Å². The second-order valence-corrected chi connectivity index (χ2v) is 6.45. The number of nitrogens with two attached hydrogens (primary N) is 1. The van der Waals surface area contributed by atoms with Gasteiger partial charge in [-0.25, -0.2) is 0 Å². The Morgan fingerprint density at radius 1 is 1.30 bits per heavy atom. The Bertz CT molecular complexity index is 474. The second-order valence-electron chi connectivity index (χ2n) is 6.45. The highest BCUT2D eigenvalue weighted by molar-refractivity contribution is 5.97. The molecule has 0 aromatic heterocycles. The van der Waals surface area contributed by atoms with Gasteiger partial charge >= 0.3 is 0 Å². The Kier molecular flexibility index (Phi) is 4.81. The number of Topliss-reactive ketones (excluding diaryl/α,β-unsaturated/α-hetero) is 1. The number of likely N-dealkylation sites (tertiary alicyclic amines) is 1. The van der Waals surface area contributed by atoms with Gasteiger partial charge in [-0.05, 0) is 36.8 Å². The number of carbonyl (C=O) groups is 1. The lowest BCUT2D eigenvalue weighted by Crippen LogP contribution is -2.39. The lowest BCUT2D eigenvalue weighted by molar-refractivity contribution is 0.0926. The molecule has 2 N–H and O–H groups in total. The van der Waals surface area contributed by atoms with Crippen LogP contribution in [0.2, 0.25) is 0 Å². The number of ketones is 1. The van der Waals surface area contributed by atoms with Crippen molar-refractivity contribution >= 4 is 11.5 Å². The van der Waals surface area contributed by atoms with Crippen LogP contribution in [0, 0.1) is 18.8 Å². The van der Waals surface area contributed by atoms with Crippen molar-refractivity contribution in [3.63, 3.8) is 0 Å². The third-order valence-corrected chi connectivity index (χ3v) is 4.20.